The van der Waals surface area contributed by atoms with E-state index < -0.39 is 0 Å². The molecule has 1 fully saturated rings. The van der Waals surface area contributed by atoms with Crippen LogP contribution in [0.1, 0.15) is 65.2 Å². The number of rotatable bonds is 7. The van der Waals surface area contributed by atoms with Gasteiger partial charge in [0.15, 0.2) is 0 Å². The first-order chi connectivity index (χ1) is 8.67. The number of amides is 1. The molecule has 1 unspecified atom stereocenters. The largest absolute Gasteiger partial charge is 0.393 e. The molecule has 0 spiro atoms. The molecule has 3 heteroatoms. The highest BCUT2D eigenvalue weighted by Crippen LogP contribution is 2.23. The van der Waals surface area contributed by atoms with Crippen molar-refractivity contribution in [3.05, 3.63) is 0 Å². The van der Waals surface area contributed by atoms with Gasteiger partial charge in [-0.15, -0.1) is 0 Å². The number of aliphatic hydroxyl groups is 1. The quantitative estimate of drug-likeness (QED) is 0.735. The number of hydrogen-bond acceptors (Lipinski definition) is 2. The first-order valence-corrected chi connectivity index (χ1v) is 7.63. The average Bonchev–Trinajstić information content (AvgIpc) is 2.39. The van der Waals surface area contributed by atoms with Crippen molar-refractivity contribution in [2.45, 2.75) is 71.3 Å². The van der Waals surface area contributed by atoms with Gasteiger partial charge in [0.05, 0.1) is 6.10 Å². The fourth-order valence-corrected chi connectivity index (χ4v) is 2.71. The van der Waals surface area contributed by atoms with Gasteiger partial charge in [-0.2, -0.15) is 0 Å². The van der Waals surface area contributed by atoms with Crippen LogP contribution in [-0.4, -0.2) is 23.7 Å². The molecule has 0 aromatic heterocycles. The number of aliphatic hydroxyl groups excluding tert-OH is 1. The van der Waals surface area contributed by atoms with E-state index in [1.165, 1.54) is 0 Å². The van der Waals surface area contributed by atoms with Crippen LogP contribution in [0.2, 0.25) is 0 Å². The molecule has 0 saturated heterocycles. The lowest BCUT2D eigenvalue weighted by molar-refractivity contribution is -0.125. The number of carbonyl (C=O) groups is 1. The minimum Gasteiger partial charge on any atom is -0.393 e. The van der Waals surface area contributed by atoms with Gasteiger partial charge in [-0.05, 0) is 44.4 Å². The first-order valence-electron chi connectivity index (χ1n) is 7.63. The lowest BCUT2D eigenvalue weighted by Crippen LogP contribution is -2.35. The maximum Gasteiger partial charge on any atom is 0.223 e. The van der Waals surface area contributed by atoms with Gasteiger partial charge in [-0.25, -0.2) is 0 Å². The first kappa shape index (κ1) is 15.5. The Morgan fingerprint density at radius 3 is 2.50 bits per heavy atom. The van der Waals surface area contributed by atoms with Crippen molar-refractivity contribution in [3.8, 4) is 0 Å². The van der Waals surface area contributed by atoms with Crippen LogP contribution >= 0.6 is 0 Å². The van der Waals surface area contributed by atoms with Crippen LogP contribution in [0.5, 0.6) is 0 Å². The smallest absolute Gasteiger partial charge is 0.223 e. The maximum absolute atomic E-state index is 12.0. The molecule has 3 nitrogen and oxygen atoms in total. The molecule has 106 valence electrons. The van der Waals surface area contributed by atoms with E-state index in [9.17, 15) is 9.90 Å². The Hall–Kier alpha value is -0.570. The van der Waals surface area contributed by atoms with E-state index >= 15 is 0 Å². The van der Waals surface area contributed by atoms with E-state index in [1.807, 2.05) is 0 Å². The molecule has 1 amide bonds. The van der Waals surface area contributed by atoms with Crippen LogP contribution in [0.3, 0.4) is 0 Å². The Bertz CT molecular complexity index is 235. The number of hydrogen-bond donors (Lipinski definition) is 2. The third kappa shape index (κ3) is 5.38. The molecule has 0 aromatic rings. The summed E-state index contributed by atoms with van der Waals surface area (Å²) in [7, 11) is 0. The molecule has 2 N–H and O–H groups in total. The van der Waals surface area contributed by atoms with Crippen molar-refractivity contribution in [2.24, 2.45) is 11.8 Å². The second kappa shape index (κ2) is 8.52. The summed E-state index contributed by atoms with van der Waals surface area (Å²) in [5.74, 6) is 0.997. The molecular weight excluding hydrogens is 226 g/mol. The van der Waals surface area contributed by atoms with Gasteiger partial charge < -0.3 is 10.4 Å². The Morgan fingerprint density at radius 2 is 1.94 bits per heavy atom. The molecule has 0 aromatic carbocycles. The van der Waals surface area contributed by atoms with Gasteiger partial charge >= 0.3 is 0 Å². The summed E-state index contributed by atoms with van der Waals surface area (Å²) in [4.78, 5) is 12.0. The summed E-state index contributed by atoms with van der Waals surface area (Å²) in [6, 6.07) is 0. The van der Waals surface area contributed by atoms with Crippen LogP contribution < -0.4 is 5.32 Å². The van der Waals surface area contributed by atoms with E-state index in [-0.39, 0.29) is 17.9 Å². The Kier molecular flexibility index (Phi) is 7.33. The summed E-state index contributed by atoms with van der Waals surface area (Å²) in [5, 5.41) is 12.5. The molecule has 0 radical (unpaired) electrons. The highest BCUT2D eigenvalue weighted by atomic mass is 16.3. The Labute approximate surface area is 111 Å². The van der Waals surface area contributed by atoms with Gasteiger partial charge in [0, 0.05) is 12.5 Å². The molecule has 1 rings (SSSR count). The van der Waals surface area contributed by atoms with E-state index in [0.717, 1.165) is 57.9 Å². The SMILES string of the molecule is CCCCC(CC)C(=O)NCC1CCC(O)CC1. The summed E-state index contributed by atoms with van der Waals surface area (Å²) < 4.78 is 0. The lowest BCUT2D eigenvalue weighted by Gasteiger charge is -2.26. The predicted molar refractivity (Wildman–Crippen MR) is 74.3 cm³/mol. The van der Waals surface area contributed by atoms with Gasteiger partial charge in [-0.1, -0.05) is 26.7 Å². The third-order valence-corrected chi connectivity index (χ3v) is 4.15. The van der Waals surface area contributed by atoms with Gasteiger partial charge in [-0.3, -0.25) is 4.79 Å². The van der Waals surface area contributed by atoms with E-state index in [1.54, 1.807) is 0 Å². The van der Waals surface area contributed by atoms with E-state index in [2.05, 4.69) is 19.2 Å². The van der Waals surface area contributed by atoms with E-state index in [4.69, 9.17) is 0 Å². The Balaban J connectivity index is 2.22. The van der Waals surface area contributed by atoms with Crippen LogP contribution in [0.15, 0.2) is 0 Å². The minimum atomic E-state index is -0.107. The summed E-state index contributed by atoms with van der Waals surface area (Å²) in [6.07, 6.45) is 8.04. The van der Waals surface area contributed by atoms with Gasteiger partial charge in [0.25, 0.3) is 0 Å². The van der Waals surface area contributed by atoms with E-state index in [0.29, 0.717) is 5.92 Å². The molecule has 1 aliphatic rings. The summed E-state index contributed by atoms with van der Waals surface area (Å²) in [6.45, 7) is 5.06. The van der Waals surface area contributed by atoms with Crippen molar-refractivity contribution in [2.75, 3.05) is 6.54 Å². The predicted octanol–water partition coefficient (Wildman–Crippen LogP) is 2.87. The fourth-order valence-electron chi connectivity index (χ4n) is 2.71. The van der Waals surface area contributed by atoms with Crippen molar-refractivity contribution in [1.29, 1.82) is 0 Å². The van der Waals surface area contributed by atoms with Gasteiger partial charge in [0.1, 0.15) is 0 Å². The molecule has 0 aliphatic heterocycles. The van der Waals surface area contributed by atoms with Crippen molar-refractivity contribution >= 4 is 5.91 Å². The molecular formula is C15H29NO2. The number of nitrogens with one attached hydrogen (secondary N) is 1. The van der Waals surface area contributed by atoms with Crippen molar-refractivity contribution < 1.29 is 9.90 Å². The maximum atomic E-state index is 12.0. The molecule has 1 atom stereocenters. The minimum absolute atomic E-state index is 0.107. The molecule has 1 aliphatic carbocycles. The monoisotopic (exact) mass is 255 g/mol. The second-order valence-electron chi connectivity index (χ2n) is 5.67. The zero-order valence-corrected chi connectivity index (χ0v) is 12.0. The molecule has 1 saturated carbocycles. The van der Waals surface area contributed by atoms with Crippen LogP contribution in [0.4, 0.5) is 0 Å². The molecule has 0 heterocycles. The Morgan fingerprint density at radius 1 is 1.28 bits per heavy atom. The standard InChI is InChI=1S/C15H29NO2/c1-3-5-6-13(4-2)15(18)16-11-12-7-9-14(17)10-8-12/h12-14,17H,3-11H2,1-2H3,(H,16,18). The average molecular weight is 255 g/mol. The normalized spacial score (nSPS) is 25.7. The molecule has 18 heavy (non-hydrogen) atoms. The number of unbranched alkanes of at least 4 members (excludes halogenated alkanes) is 1. The second-order valence-corrected chi connectivity index (χ2v) is 5.67. The topological polar surface area (TPSA) is 49.3 Å². The fraction of sp³-hybridized carbons (Fsp3) is 0.933. The highest BCUT2D eigenvalue weighted by Gasteiger charge is 2.21. The van der Waals surface area contributed by atoms with Crippen LogP contribution in [-0.2, 0) is 4.79 Å². The summed E-state index contributed by atoms with van der Waals surface area (Å²) >= 11 is 0. The van der Waals surface area contributed by atoms with Gasteiger partial charge in [0.2, 0.25) is 5.91 Å². The zero-order valence-electron chi connectivity index (χ0n) is 12.0. The van der Waals surface area contributed by atoms with Crippen LogP contribution in [0.25, 0.3) is 0 Å². The molecule has 0 bridgehead atoms. The highest BCUT2D eigenvalue weighted by molar-refractivity contribution is 5.78. The summed E-state index contributed by atoms with van der Waals surface area (Å²) in [5.41, 5.74) is 0. The lowest BCUT2D eigenvalue weighted by atomic mass is 9.87. The third-order valence-electron chi connectivity index (χ3n) is 4.15. The zero-order chi connectivity index (χ0) is 13.4. The number of carbonyl (C=O) groups excluding carboxylic acids is 1. The van der Waals surface area contributed by atoms with Crippen molar-refractivity contribution in [1.82, 2.24) is 5.32 Å². The van der Waals surface area contributed by atoms with Crippen LogP contribution in [0, 0.1) is 11.8 Å². The van der Waals surface area contributed by atoms with Crippen molar-refractivity contribution in [3.63, 3.8) is 0 Å².